The summed E-state index contributed by atoms with van der Waals surface area (Å²) in [6, 6.07) is 8.38. The lowest BCUT2D eigenvalue weighted by atomic mass is 10.1. The molecule has 0 radical (unpaired) electrons. The summed E-state index contributed by atoms with van der Waals surface area (Å²) in [7, 11) is 0. The average Bonchev–Trinajstić information content (AvgIpc) is 2.65. The Morgan fingerprint density at radius 1 is 1.27 bits per heavy atom. The Hall–Kier alpha value is -2.72. The monoisotopic (exact) mass is 353 g/mol. The van der Waals surface area contributed by atoms with Gasteiger partial charge in [-0.05, 0) is 31.0 Å². The molecule has 1 aliphatic heterocycles. The maximum atomic E-state index is 11.0. The zero-order valence-corrected chi connectivity index (χ0v) is 15.2. The molecule has 1 aliphatic rings. The lowest BCUT2D eigenvalue weighted by Gasteiger charge is -2.35. The van der Waals surface area contributed by atoms with Crippen molar-refractivity contribution >= 4 is 22.4 Å². The van der Waals surface area contributed by atoms with Crippen molar-refractivity contribution in [3.8, 4) is 6.07 Å². The first-order valence-corrected chi connectivity index (χ1v) is 8.94. The topological polar surface area (TPSA) is 86.3 Å². The van der Waals surface area contributed by atoms with Crippen molar-refractivity contribution in [1.82, 2.24) is 9.88 Å². The Morgan fingerprint density at radius 2 is 2.00 bits per heavy atom. The van der Waals surface area contributed by atoms with E-state index < -0.39 is 4.92 Å². The van der Waals surface area contributed by atoms with E-state index in [-0.39, 0.29) is 5.69 Å². The molecule has 1 fully saturated rings. The molecule has 0 saturated carbocycles. The number of nitro benzene ring substituents is 1. The summed E-state index contributed by atoms with van der Waals surface area (Å²) in [6.07, 6.45) is 1.20. The van der Waals surface area contributed by atoms with Gasteiger partial charge < -0.3 is 4.90 Å². The number of pyridine rings is 1. The molecule has 0 spiro atoms. The van der Waals surface area contributed by atoms with Crippen LogP contribution in [-0.2, 0) is 0 Å². The minimum atomic E-state index is -0.453. The van der Waals surface area contributed by atoms with Crippen LogP contribution in [0.15, 0.2) is 24.3 Å². The average molecular weight is 353 g/mol. The molecule has 0 N–H and O–H groups in total. The van der Waals surface area contributed by atoms with Crippen LogP contribution in [0.1, 0.15) is 25.8 Å². The van der Waals surface area contributed by atoms with Gasteiger partial charge in [-0.15, -0.1) is 0 Å². The van der Waals surface area contributed by atoms with Crippen LogP contribution in [0, 0.1) is 27.4 Å². The molecule has 1 aromatic carbocycles. The maximum absolute atomic E-state index is 11.0. The number of non-ortho nitro benzene ring substituents is 1. The van der Waals surface area contributed by atoms with Gasteiger partial charge in [0.05, 0.1) is 22.1 Å². The zero-order valence-electron chi connectivity index (χ0n) is 15.2. The van der Waals surface area contributed by atoms with Crippen LogP contribution in [0.3, 0.4) is 0 Å². The Kier molecular flexibility index (Phi) is 5.33. The first-order valence-electron chi connectivity index (χ1n) is 8.94. The number of fused-ring (bicyclic) bond motifs is 1. The van der Waals surface area contributed by atoms with Crippen molar-refractivity contribution in [2.75, 3.05) is 37.6 Å². The molecular weight excluding hydrogens is 330 g/mol. The number of nitriles is 1. The summed E-state index contributed by atoms with van der Waals surface area (Å²) in [4.78, 5) is 19.8. The molecule has 0 unspecified atom stereocenters. The summed E-state index contributed by atoms with van der Waals surface area (Å²) >= 11 is 0. The van der Waals surface area contributed by atoms with E-state index in [1.807, 2.05) is 0 Å². The number of nitro groups is 1. The highest BCUT2D eigenvalue weighted by Crippen LogP contribution is 2.26. The first kappa shape index (κ1) is 18.1. The molecule has 0 amide bonds. The van der Waals surface area contributed by atoms with Gasteiger partial charge in [-0.1, -0.05) is 13.8 Å². The van der Waals surface area contributed by atoms with Crippen molar-refractivity contribution in [2.24, 2.45) is 5.92 Å². The summed E-state index contributed by atoms with van der Waals surface area (Å²) < 4.78 is 0. The number of piperazine rings is 1. The number of aromatic nitrogens is 1. The van der Waals surface area contributed by atoms with Crippen LogP contribution in [0.4, 0.5) is 11.5 Å². The van der Waals surface area contributed by atoms with E-state index in [0.717, 1.165) is 38.5 Å². The molecule has 0 aliphatic carbocycles. The molecule has 2 heterocycles. The molecule has 26 heavy (non-hydrogen) atoms. The minimum absolute atomic E-state index is 0.0256. The zero-order chi connectivity index (χ0) is 18.7. The van der Waals surface area contributed by atoms with Crippen molar-refractivity contribution < 1.29 is 4.92 Å². The second-order valence-electron chi connectivity index (χ2n) is 7.11. The van der Waals surface area contributed by atoms with Crippen LogP contribution < -0.4 is 4.90 Å². The van der Waals surface area contributed by atoms with Gasteiger partial charge >= 0.3 is 0 Å². The predicted octanol–water partition coefficient (Wildman–Crippen LogP) is 3.18. The van der Waals surface area contributed by atoms with Crippen molar-refractivity contribution in [1.29, 1.82) is 5.26 Å². The molecule has 3 rings (SSSR count). The molecular formula is C19H23N5O2. The molecule has 0 atom stereocenters. The second kappa shape index (κ2) is 7.67. The van der Waals surface area contributed by atoms with Gasteiger partial charge in [0.2, 0.25) is 0 Å². The van der Waals surface area contributed by atoms with Gasteiger partial charge in [-0.25, -0.2) is 4.98 Å². The van der Waals surface area contributed by atoms with Crippen LogP contribution in [0.25, 0.3) is 10.9 Å². The lowest BCUT2D eigenvalue weighted by Crippen LogP contribution is -2.47. The van der Waals surface area contributed by atoms with E-state index in [1.165, 1.54) is 18.6 Å². The summed E-state index contributed by atoms with van der Waals surface area (Å²) in [5.41, 5.74) is 1.02. The minimum Gasteiger partial charge on any atom is -0.354 e. The standard InChI is InChI=1S/C19H23N5O2/c1-14(2)5-6-22-7-9-23(10-8-22)19-11-15(13-20)17-12-16(24(25)26)3-4-18(17)21-19/h3-4,11-12,14H,5-10H2,1-2H3. The molecule has 7 heteroatoms. The second-order valence-corrected chi connectivity index (χ2v) is 7.11. The third-order valence-electron chi connectivity index (χ3n) is 4.83. The SMILES string of the molecule is CC(C)CCN1CCN(c2cc(C#N)c3cc([N+](=O)[O-])ccc3n2)CC1. The van der Waals surface area contributed by atoms with Gasteiger partial charge in [0, 0.05) is 43.7 Å². The Morgan fingerprint density at radius 3 is 2.62 bits per heavy atom. The Balaban J connectivity index is 1.80. The number of anilines is 1. The number of rotatable bonds is 5. The van der Waals surface area contributed by atoms with Crippen molar-refractivity contribution in [2.45, 2.75) is 20.3 Å². The van der Waals surface area contributed by atoms with Gasteiger partial charge in [-0.2, -0.15) is 5.26 Å². The highest BCUT2D eigenvalue weighted by Gasteiger charge is 2.20. The predicted molar refractivity (Wildman–Crippen MR) is 101 cm³/mol. The summed E-state index contributed by atoms with van der Waals surface area (Å²) in [5, 5.41) is 21.0. The van der Waals surface area contributed by atoms with Crippen LogP contribution in [0.5, 0.6) is 0 Å². The summed E-state index contributed by atoms with van der Waals surface area (Å²) in [6.45, 7) is 9.29. The van der Waals surface area contributed by atoms with Gasteiger partial charge in [-0.3, -0.25) is 15.0 Å². The highest BCUT2D eigenvalue weighted by atomic mass is 16.6. The number of hydrogen-bond donors (Lipinski definition) is 0. The largest absolute Gasteiger partial charge is 0.354 e. The van der Waals surface area contributed by atoms with E-state index >= 15 is 0 Å². The number of nitrogens with zero attached hydrogens (tertiary/aromatic N) is 5. The van der Waals surface area contributed by atoms with E-state index in [9.17, 15) is 15.4 Å². The van der Waals surface area contributed by atoms with Crippen LogP contribution in [0.2, 0.25) is 0 Å². The van der Waals surface area contributed by atoms with Crippen molar-refractivity contribution in [3.05, 3.63) is 39.9 Å². The van der Waals surface area contributed by atoms with E-state index in [0.29, 0.717) is 22.4 Å². The Labute approximate surface area is 153 Å². The van der Waals surface area contributed by atoms with E-state index in [1.54, 1.807) is 12.1 Å². The van der Waals surface area contributed by atoms with Gasteiger partial charge in [0.1, 0.15) is 5.82 Å². The van der Waals surface area contributed by atoms with Crippen molar-refractivity contribution in [3.63, 3.8) is 0 Å². The highest BCUT2D eigenvalue weighted by molar-refractivity contribution is 5.88. The quantitative estimate of drug-likeness (QED) is 0.606. The molecule has 136 valence electrons. The third kappa shape index (κ3) is 3.92. The van der Waals surface area contributed by atoms with E-state index in [2.05, 4.69) is 34.7 Å². The van der Waals surface area contributed by atoms with Gasteiger partial charge in [0.25, 0.3) is 5.69 Å². The van der Waals surface area contributed by atoms with E-state index in [4.69, 9.17) is 0 Å². The normalized spacial score (nSPS) is 15.4. The van der Waals surface area contributed by atoms with Crippen LogP contribution >= 0.6 is 0 Å². The third-order valence-corrected chi connectivity index (χ3v) is 4.83. The molecule has 2 aromatic rings. The smallest absolute Gasteiger partial charge is 0.270 e. The molecule has 0 bridgehead atoms. The summed E-state index contributed by atoms with van der Waals surface area (Å²) in [5.74, 6) is 1.48. The molecule has 7 nitrogen and oxygen atoms in total. The fourth-order valence-electron chi connectivity index (χ4n) is 3.21. The Bertz CT molecular complexity index is 851. The first-order chi connectivity index (χ1) is 12.5. The molecule has 1 aromatic heterocycles. The number of hydrogen-bond acceptors (Lipinski definition) is 6. The van der Waals surface area contributed by atoms with Crippen LogP contribution in [-0.4, -0.2) is 47.5 Å². The van der Waals surface area contributed by atoms with Gasteiger partial charge in [0.15, 0.2) is 0 Å². The number of benzene rings is 1. The fraction of sp³-hybridized carbons (Fsp3) is 0.474. The lowest BCUT2D eigenvalue weighted by molar-refractivity contribution is -0.384. The molecule has 1 saturated heterocycles. The maximum Gasteiger partial charge on any atom is 0.270 e. The fourth-order valence-corrected chi connectivity index (χ4v) is 3.21.